The summed E-state index contributed by atoms with van der Waals surface area (Å²) >= 11 is 1.36. The molecule has 5 heteroatoms. The van der Waals surface area contributed by atoms with Crippen molar-refractivity contribution in [2.24, 2.45) is 11.8 Å². The fourth-order valence-electron chi connectivity index (χ4n) is 2.33. The number of aliphatic hydroxyl groups excluding tert-OH is 1. The van der Waals surface area contributed by atoms with Crippen LogP contribution in [0.1, 0.15) is 38.3 Å². The van der Waals surface area contributed by atoms with E-state index in [1.165, 1.54) is 24.2 Å². The highest BCUT2D eigenvalue weighted by Crippen LogP contribution is 2.32. The number of aliphatic hydroxyl groups is 1. The lowest BCUT2D eigenvalue weighted by molar-refractivity contribution is -0.120. The molecule has 1 heterocycles. The number of hydrogen-bond donors (Lipinski definition) is 2. The standard InChI is InChI=1S/C12H18N2O2S/c1-8(9-4-2-3-5-9)11(16)14-12-13-10(6-15)7-17-12/h7-9,15H,2-6H2,1H3,(H,13,14,16). The molecule has 4 nitrogen and oxygen atoms in total. The van der Waals surface area contributed by atoms with Crippen LogP contribution in [0, 0.1) is 11.8 Å². The molecule has 2 N–H and O–H groups in total. The molecular weight excluding hydrogens is 236 g/mol. The number of anilines is 1. The first-order valence-electron chi connectivity index (χ1n) is 6.07. The summed E-state index contributed by atoms with van der Waals surface area (Å²) in [6, 6.07) is 0. The fourth-order valence-corrected chi connectivity index (χ4v) is 3.03. The Morgan fingerprint density at radius 1 is 1.65 bits per heavy atom. The van der Waals surface area contributed by atoms with E-state index in [9.17, 15) is 4.79 Å². The van der Waals surface area contributed by atoms with Crippen LogP contribution in [-0.2, 0) is 11.4 Å². The molecule has 0 spiro atoms. The molecule has 0 radical (unpaired) electrons. The number of carbonyl (C=O) groups excluding carboxylic acids is 1. The average Bonchev–Trinajstić information content (AvgIpc) is 2.98. The molecule has 1 saturated carbocycles. The molecular formula is C12H18N2O2S. The molecule has 1 aliphatic carbocycles. The first-order chi connectivity index (χ1) is 8.20. The molecule has 1 aromatic rings. The van der Waals surface area contributed by atoms with Gasteiger partial charge < -0.3 is 10.4 Å². The van der Waals surface area contributed by atoms with E-state index in [0.717, 1.165) is 12.8 Å². The van der Waals surface area contributed by atoms with Gasteiger partial charge in [-0.3, -0.25) is 4.79 Å². The Morgan fingerprint density at radius 2 is 2.35 bits per heavy atom. The van der Waals surface area contributed by atoms with Gasteiger partial charge in [0.05, 0.1) is 12.3 Å². The maximum atomic E-state index is 12.0. The van der Waals surface area contributed by atoms with Crippen molar-refractivity contribution in [1.82, 2.24) is 4.98 Å². The second-order valence-electron chi connectivity index (χ2n) is 4.62. The Kier molecular flexibility index (Phi) is 4.12. The van der Waals surface area contributed by atoms with Gasteiger partial charge in [-0.05, 0) is 18.8 Å². The summed E-state index contributed by atoms with van der Waals surface area (Å²) in [7, 11) is 0. The number of rotatable bonds is 4. The third-order valence-electron chi connectivity index (χ3n) is 3.46. The summed E-state index contributed by atoms with van der Waals surface area (Å²) in [6.45, 7) is 1.91. The Bertz CT molecular complexity index is 386. The van der Waals surface area contributed by atoms with Gasteiger partial charge in [0.25, 0.3) is 0 Å². The summed E-state index contributed by atoms with van der Waals surface area (Å²) in [6.07, 6.45) is 4.81. The summed E-state index contributed by atoms with van der Waals surface area (Å²) in [5.41, 5.74) is 0.610. The Labute approximate surface area is 105 Å². The predicted octanol–water partition coefficient (Wildman–Crippen LogP) is 2.40. The molecule has 0 aliphatic heterocycles. The third kappa shape index (κ3) is 3.04. The highest BCUT2D eigenvalue weighted by molar-refractivity contribution is 7.13. The zero-order valence-electron chi connectivity index (χ0n) is 9.98. The Balaban J connectivity index is 1.91. The van der Waals surface area contributed by atoms with Gasteiger partial charge in [0.2, 0.25) is 5.91 Å². The smallest absolute Gasteiger partial charge is 0.229 e. The van der Waals surface area contributed by atoms with Crippen LogP contribution >= 0.6 is 11.3 Å². The van der Waals surface area contributed by atoms with Gasteiger partial charge in [-0.1, -0.05) is 19.8 Å². The summed E-state index contributed by atoms with van der Waals surface area (Å²) in [4.78, 5) is 16.1. The normalized spacial score (nSPS) is 18.2. The van der Waals surface area contributed by atoms with Crippen molar-refractivity contribution in [1.29, 1.82) is 0 Å². The van der Waals surface area contributed by atoms with E-state index in [2.05, 4.69) is 10.3 Å². The molecule has 0 bridgehead atoms. The molecule has 0 aromatic carbocycles. The average molecular weight is 254 g/mol. The largest absolute Gasteiger partial charge is 0.390 e. The van der Waals surface area contributed by atoms with Crippen LogP contribution in [0.3, 0.4) is 0 Å². The monoisotopic (exact) mass is 254 g/mol. The van der Waals surface area contributed by atoms with E-state index in [1.807, 2.05) is 6.92 Å². The molecule has 0 saturated heterocycles. The van der Waals surface area contributed by atoms with Crippen LogP contribution in [0.2, 0.25) is 0 Å². The molecule has 1 fully saturated rings. The van der Waals surface area contributed by atoms with Crippen molar-refractivity contribution in [2.75, 3.05) is 5.32 Å². The molecule has 1 atom stereocenters. The lowest BCUT2D eigenvalue weighted by Gasteiger charge is -2.17. The van der Waals surface area contributed by atoms with Crippen LogP contribution in [0.15, 0.2) is 5.38 Å². The SMILES string of the molecule is CC(C(=O)Nc1nc(CO)cs1)C1CCCC1. The van der Waals surface area contributed by atoms with E-state index in [4.69, 9.17) is 5.11 Å². The van der Waals surface area contributed by atoms with Crippen molar-refractivity contribution < 1.29 is 9.90 Å². The van der Waals surface area contributed by atoms with Gasteiger partial charge in [0.1, 0.15) is 0 Å². The molecule has 17 heavy (non-hydrogen) atoms. The number of hydrogen-bond acceptors (Lipinski definition) is 4. The minimum Gasteiger partial charge on any atom is -0.390 e. The van der Waals surface area contributed by atoms with Gasteiger partial charge >= 0.3 is 0 Å². The van der Waals surface area contributed by atoms with E-state index >= 15 is 0 Å². The number of thiazole rings is 1. The highest BCUT2D eigenvalue weighted by Gasteiger charge is 2.27. The second kappa shape index (κ2) is 5.60. The van der Waals surface area contributed by atoms with E-state index in [1.54, 1.807) is 5.38 Å². The van der Waals surface area contributed by atoms with Crippen molar-refractivity contribution in [3.63, 3.8) is 0 Å². The molecule has 94 valence electrons. The zero-order valence-corrected chi connectivity index (χ0v) is 10.8. The molecule has 1 amide bonds. The number of aromatic nitrogens is 1. The van der Waals surface area contributed by atoms with Crippen molar-refractivity contribution in [3.8, 4) is 0 Å². The maximum Gasteiger partial charge on any atom is 0.229 e. The van der Waals surface area contributed by atoms with Crippen molar-refractivity contribution in [2.45, 2.75) is 39.2 Å². The third-order valence-corrected chi connectivity index (χ3v) is 4.27. The first-order valence-corrected chi connectivity index (χ1v) is 6.95. The zero-order chi connectivity index (χ0) is 12.3. The van der Waals surface area contributed by atoms with Crippen LogP contribution in [0.5, 0.6) is 0 Å². The highest BCUT2D eigenvalue weighted by atomic mass is 32.1. The topological polar surface area (TPSA) is 62.2 Å². The Morgan fingerprint density at radius 3 is 2.94 bits per heavy atom. The number of carbonyl (C=O) groups is 1. The van der Waals surface area contributed by atoms with E-state index < -0.39 is 0 Å². The van der Waals surface area contributed by atoms with Crippen LogP contribution < -0.4 is 5.32 Å². The van der Waals surface area contributed by atoms with Crippen LogP contribution in [0.25, 0.3) is 0 Å². The van der Waals surface area contributed by atoms with E-state index in [0.29, 0.717) is 16.7 Å². The van der Waals surface area contributed by atoms with E-state index in [-0.39, 0.29) is 18.4 Å². The lowest BCUT2D eigenvalue weighted by atomic mass is 9.92. The molecule has 2 rings (SSSR count). The summed E-state index contributed by atoms with van der Waals surface area (Å²) in [5.74, 6) is 0.627. The van der Waals surface area contributed by atoms with Gasteiger partial charge in [0.15, 0.2) is 5.13 Å². The van der Waals surface area contributed by atoms with Gasteiger partial charge in [-0.2, -0.15) is 0 Å². The quantitative estimate of drug-likeness (QED) is 0.867. The van der Waals surface area contributed by atoms with Crippen molar-refractivity contribution in [3.05, 3.63) is 11.1 Å². The Hall–Kier alpha value is -0.940. The lowest BCUT2D eigenvalue weighted by Crippen LogP contribution is -2.25. The number of amides is 1. The molecule has 1 aliphatic rings. The first kappa shape index (κ1) is 12.5. The van der Waals surface area contributed by atoms with Gasteiger partial charge in [-0.15, -0.1) is 11.3 Å². The fraction of sp³-hybridized carbons (Fsp3) is 0.667. The minimum atomic E-state index is -0.0788. The van der Waals surface area contributed by atoms with Gasteiger partial charge in [-0.25, -0.2) is 4.98 Å². The van der Waals surface area contributed by atoms with Crippen molar-refractivity contribution >= 4 is 22.4 Å². The second-order valence-corrected chi connectivity index (χ2v) is 5.48. The van der Waals surface area contributed by atoms with Crippen LogP contribution in [-0.4, -0.2) is 16.0 Å². The van der Waals surface area contributed by atoms with Gasteiger partial charge in [0, 0.05) is 11.3 Å². The molecule has 1 aromatic heterocycles. The summed E-state index contributed by atoms with van der Waals surface area (Å²) < 4.78 is 0. The number of nitrogens with one attached hydrogen (secondary N) is 1. The van der Waals surface area contributed by atoms with Crippen LogP contribution in [0.4, 0.5) is 5.13 Å². The summed E-state index contributed by atoms with van der Waals surface area (Å²) in [5, 5.41) is 14.1. The molecule has 1 unspecified atom stereocenters. The predicted molar refractivity (Wildman–Crippen MR) is 67.8 cm³/mol. The maximum absolute atomic E-state index is 12.0. The minimum absolute atomic E-state index is 0.0516. The number of nitrogens with zero attached hydrogens (tertiary/aromatic N) is 1.